The van der Waals surface area contributed by atoms with Crippen molar-refractivity contribution in [1.82, 2.24) is 20.2 Å². The molecule has 0 spiro atoms. The van der Waals surface area contributed by atoms with Crippen LogP contribution in [0.4, 0.5) is 9.59 Å². The van der Waals surface area contributed by atoms with Crippen LogP contribution >= 0.6 is 0 Å². The van der Waals surface area contributed by atoms with Crippen LogP contribution in [0.1, 0.15) is 47.1 Å². The second-order valence-electron chi connectivity index (χ2n) is 8.51. The van der Waals surface area contributed by atoms with Gasteiger partial charge in [-0.25, -0.2) is 9.59 Å². The molecule has 0 radical (unpaired) electrons. The van der Waals surface area contributed by atoms with Gasteiger partial charge in [-0.1, -0.05) is 12.1 Å². The molecular formula is C21H34N4O4. The molecule has 0 unspecified atom stereocenters. The van der Waals surface area contributed by atoms with Crippen molar-refractivity contribution in [2.75, 3.05) is 13.7 Å². The Hall–Kier alpha value is -2.48. The number of hydrogen-bond donors (Lipinski definition) is 2. The Morgan fingerprint density at radius 1 is 1.24 bits per heavy atom. The van der Waals surface area contributed by atoms with Crippen LogP contribution in [0.2, 0.25) is 0 Å². The van der Waals surface area contributed by atoms with Crippen LogP contribution in [0, 0.1) is 0 Å². The third kappa shape index (κ3) is 4.75. The molecule has 0 saturated carbocycles. The van der Waals surface area contributed by atoms with Gasteiger partial charge < -0.3 is 15.0 Å². The number of nitrogens with zero attached hydrogens (tertiary/aromatic N) is 3. The van der Waals surface area contributed by atoms with Crippen molar-refractivity contribution in [2.24, 2.45) is 0 Å². The second-order valence-corrected chi connectivity index (χ2v) is 8.51. The molecule has 1 fully saturated rings. The first-order valence-electron chi connectivity index (χ1n) is 10.0. The van der Waals surface area contributed by atoms with Gasteiger partial charge in [0.15, 0.2) is 6.17 Å². The molecule has 1 aliphatic heterocycles. The molecule has 1 atom stereocenters. The zero-order valence-corrected chi connectivity index (χ0v) is 18.5. The molecular weight excluding hydrogens is 372 g/mol. The zero-order chi connectivity index (χ0) is 21.9. The van der Waals surface area contributed by atoms with Crippen LogP contribution in [-0.2, 0) is 6.42 Å². The number of nitrogens with one attached hydrogen (secondary N) is 1. The molecule has 2 N–H and O–H groups in total. The Morgan fingerprint density at radius 3 is 2.31 bits per heavy atom. The fourth-order valence-electron chi connectivity index (χ4n) is 3.73. The van der Waals surface area contributed by atoms with Gasteiger partial charge in [0.05, 0.1) is 12.6 Å². The smallest absolute Gasteiger partial charge is 0.343 e. The van der Waals surface area contributed by atoms with E-state index >= 15 is 0 Å². The van der Waals surface area contributed by atoms with Gasteiger partial charge in [0.1, 0.15) is 5.75 Å². The molecule has 1 aromatic rings. The summed E-state index contributed by atoms with van der Waals surface area (Å²) in [6.07, 6.45) is -0.147. The van der Waals surface area contributed by atoms with E-state index in [0.717, 1.165) is 11.3 Å². The van der Waals surface area contributed by atoms with Crippen molar-refractivity contribution in [3.63, 3.8) is 0 Å². The van der Waals surface area contributed by atoms with Crippen molar-refractivity contribution >= 4 is 12.1 Å². The Balaban J connectivity index is 2.24. The highest BCUT2D eigenvalue weighted by Crippen LogP contribution is 2.36. The van der Waals surface area contributed by atoms with Crippen molar-refractivity contribution in [1.29, 1.82) is 0 Å². The molecule has 0 aromatic heterocycles. The number of hydrogen-bond acceptors (Lipinski definition) is 4. The van der Waals surface area contributed by atoms with Gasteiger partial charge >= 0.3 is 12.1 Å². The average molecular weight is 407 g/mol. The summed E-state index contributed by atoms with van der Waals surface area (Å²) in [4.78, 5) is 28.9. The summed E-state index contributed by atoms with van der Waals surface area (Å²) in [7, 11) is 1.62. The molecule has 162 valence electrons. The summed E-state index contributed by atoms with van der Waals surface area (Å²) in [6.45, 7) is 11.6. The molecule has 1 heterocycles. The number of urea groups is 2. The Morgan fingerprint density at radius 2 is 1.83 bits per heavy atom. The van der Waals surface area contributed by atoms with Crippen molar-refractivity contribution in [3.05, 3.63) is 29.8 Å². The van der Waals surface area contributed by atoms with Gasteiger partial charge in [0.2, 0.25) is 0 Å². The Labute approximate surface area is 173 Å². The minimum atomic E-state index is -0.801. The maximum atomic E-state index is 13.2. The molecule has 2 rings (SSSR count). The van der Waals surface area contributed by atoms with Crippen LogP contribution in [-0.4, -0.2) is 69.6 Å². The lowest BCUT2D eigenvalue weighted by Crippen LogP contribution is -2.60. The lowest BCUT2D eigenvalue weighted by atomic mass is 9.99. The Bertz CT molecular complexity index is 718. The highest BCUT2D eigenvalue weighted by Gasteiger charge is 2.55. The highest BCUT2D eigenvalue weighted by atomic mass is 16.5. The zero-order valence-electron chi connectivity index (χ0n) is 18.5. The SMILES string of the molecule is COc1ccc(CCN2C(=O)N(C(C)C)[C@@H](N(O)C(=O)NC(C)C)C2(C)C)cc1. The van der Waals surface area contributed by atoms with E-state index in [1.165, 1.54) is 0 Å². The number of amides is 4. The summed E-state index contributed by atoms with van der Waals surface area (Å²) in [5.74, 6) is 0.782. The standard InChI is InChI=1S/C21H34N4O4/c1-14(2)22-19(26)25(28)18-21(5,6)23(20(27)24(18)15(3)4)13-12-16-8-10-17(29-7)11-9-16/h8-11,14-15,18,28H,12-13H2,1-7H3,(H,22,26)/t18-/m0/s1. The van der Waals surface area contributed by atoms with E-state index in [1.54, 1.807) is 16.9 Å². The fourth-order valence-corrected chi connectivity index (χ4v) is 3.73. The first-order valence-corrected chi connectivity index (χ1v) is 10.0. The maximum absolute atomic E-state index is 13.2. The first kappa shape index (κ1) is 22.8. The second kappa shape index (κ2) is 8.90. The number of carbonyl (C=O) groups is 2. The number of carbonyl (C=O) groups excluding carboxylic acids is 2. The number of methoxy groups -OCH3 is 1. The van der Waals surface area contributed by atoms with E-state index in [4.69, 9.17) is 4.74 Å². The first-order chi connectivity index (χ1) is 13.5. The normalized spacial score (nSPS) is 18.6. The van der Waals surface area contributed by atoms with Crippen LogP contribution in [0.25, 0.3) is 0 Å². The van der Waals surface area contributed by atoms with Crippen molar-refractivity contribution in [2.45, 2.75) is 71.8 Å². The van der Waals surface area contributed by atoms with Gasteiger partial charge in [-0.2, -0.15) is 5.06 Å². The van der Waals surface area contributed by atoms with Crippen LogP contribution in [0.15, 0.2) is 24.3 Å². The summed E-state index contributed by atoms with van der Waals surface area (Å²) >= 11 is 0. The molecule has 8 nitrogen and oxygen atoms in total. The van der Waals surface area contributed by atoms with Gasteiger partial charge in [0, 0.05) is 18.6 Å². The third-order valence-electron chi connectivity index (χ3n) is 5.23. The van der Waals surface area contributed by atoms with E-state index in [1.807, 2.05) is 65.8 Å². The molecule has 1 saturated heterocycles. The minimum Gasteiger partial charge on any atom is -0.497 e. The van der Waals surface area contributed by atoms with Crippen molar-refractivity contribution < 1.29 is 19.5 Å². The maximum Gasteiger partial charge on any atom is 0.343 e. The number of ether oxygens (including phenoxy) is 1. The van der Waals surface area contributed by atoms with E-state index in [-0.39, 0.29) is 18.1 Å². The molecule has 8 heteroatoms. The highest BCUT2D eigenvalue weighted by molar-refractivity contribution is 5.81. The number of benzene rings is 1. The molecule has 0 bridgehead atoms. The summed E-state index contributed by atoms with van der Waals surface area (Å²) in [5, 5.41) is 14.0. The number of rotatable bonds is 7. The number of hydroxylamine groups is 2. The van der Waals surface area contributed by atoms with Crippen LogP contribution in [0.3, 0.4) is 0 Å². The monoisotopic (exact) mass is 406 g/mol. The quantitative estimate of drug-likeness (QED) is 0.537. The van der Waals surface area contributed by atoms with E-state index in [0.29, 0.717) is 18.0 Å². The molecule has 0 aliphatic carbocycles. The van der Waals surface area contributed by atoms with Crippen LogP contribution in [0.5, 0.6) is 5.75 Å². The Kier molecular flexibility index (Phi) is 7.00. The minimum absolute atomic E-state index is 0.129. The van der Waals surface area contributed by atoms with Gasteiger partial charge in [-0.05, 0) is 65.7 Å². The fraction of sp³-hybridized carbons (Fsp3) is 0.619. The van der Waals surface area contributed by atoms with Gasteiger partial charge in [-0.15, -0.1) is 0 Å². The lowest BCUT2D eigenvalue weighted by Gasteiger charge is -2.39. The third-order valence-corrected chi connectivity index (χ3v) is 5.23. The topological polar surface area (TPSA) is 85.3 Å². The average Bonchev–Trinajstić information content (AvgIpc) is 2.84. The van der Waals surface area contributed by atoms with E-state index in [2.05, 4.69) is 5.32 Å². The van der Waals surface area contributed by atoms with Crippen LogP contribution < -0.4 is 10.1 Å². The van der Waals surface area contributed by atoms with E-state index in [9.17, 15) is 14.8 Å². The van der Waals surface area contributed by atoms with Gasteiger partial charge in [0.25, 0.3) is 0 Å². The molecule has 1 aliphatic rings. The largest absolute Gasteiger partial charge is 0.497 e. The molecule has 29 heavy (non-hydrogen) atoms. The summed E-state index contributed by atoms with van der Waals surface area (Å²) in [6, 6.07) is 6.60. The molecule has 4 amide bonds. The molecule has 1 aromatic carbocycles. The predicted octanol–water partition coefficient (Wildman–Crippen LogP) is 3.30. The summed E-state index contributed by atoms with van der Waals surface area (Å²) < 4.78 is 5.19. The van der Waals surface area contributed by atoms with Crippen molar-refractivity contribution in [3.8, 4) is 5.75 Å². The summed E-state index contributed by atoms with van der Waals surface area (Å²) in [5.41, 5.74) is 0.295. The predicted molar refractivity (Wildman–Crippen MR) is 111 cm³/mol. The lowest BCUT2D eigenvalue weighted by molar-refractivity contribution is -0.137. The van der Waals surface area contributed by atoms with Gasteiger partial charge in [-0.3, -0.25) is 10.1 Å². The van der Waals surface area contributed by atoms with E-state index < -0.39 is 17.7 Å².